The van der Waals surface area contributed by atoms with Crippen molar-refractivity contribution in [1.29, 1.82) is 0 Å². The molecule has 1 saturated heterocycles. The predicted molar refractivity (Wildman–Crippen MR) is 81.0 cm³/mol. The van der Waals surface area contributed by atoms with E-state index in [1.54, 1.807) is 6.92 Å². The molecule has 106 valence electrons. The highest BCUT2D eigenvalue weighted by Crippen LogP contribution is 2.29. The predicted octanol–water partition coefficient (Wildman–Crippen LogP) is 2.92. The Morgan fingerprint density at radius 1 is 1.37 bits per heavy atom. The van der Waals surface area contributed by atoms with Crippen LogP contribution in [0.15, 0.2) is 18.2 Å². The number of benzene rings is 1. The minimum atomic E-state index is -0.519. The number of rotatable bonds is 2. The lowest BCUT2D eigenvalue weighted by Crippen LogP contribution is -2.37. The molecule has 1 heterocycles. The first-order valence-corrected chi connectivity index (χ1v) is 7.29. The summed E-state index contributed by atoms with van der Waals surface area (Å²) >= 11 is 6.26. The summed E-state index contributed by atoms with van der Waals surface area (Å²) in [5.41, 5.74) is 1.95. The number of aliphatic hydroxyl groups is 1. The molecule has 0 amide bonds. The molecular weight excluding hydrogens is 260 g/mol. The molecule has 1 aliphatic heterocycles. The van der Waals surface area contributed by atoms with Gasteiger partial charge in [-0.25, -0.2) is 0 Å². The van der Waals surface area contributed by atoms with Crippen LogP contribution in [0.4, 0.5) is 5.69 Å². The van der Waals surface area contributed by atoms with Gasteiger partial charge in [0.25, 0.3) is 0 Å². The Balaban J connectivity index is 2.23. The molecule has 0 spiro atoms. The average Bonchev–Trinajstić information content (AvgIpc) is 2.49. The van der Waals surface area contributed by atoms with Crippen molar-refractivity contribution in [2.24, 2.45) is 0 Å². The minimum absolute atomic E-state index is 0.473. The molecule has 0 aromatic heterocycles. The summed E-state index contributed by atoms with van der Waals surface area (Å²) in [7, 11) is 2.17. The summed E-state index contributed by atoms with van der Waals surface area (Å²) in [6, 6.07) is 6.45. The largest absolute Gasteiger partial charge is 0.389 e. The van der Waals surface area contributed by atoms with Crippen molar-refractivity contribution in [3.63, 3.8) is 0 Å². The van der Waals surface area contributed by atoms with Gasteiger partial charge in [-0.15, -0.1) is 0 Å². The molecule has 2 rings (SSSR count). The van der Waals surface area contributed by atoms with Crippen LogP contribution >= 0.6 is 11.6 Å². The van der Waals surface area contributed by atoms with Gasteiger partial charge in [0, 0.05) is 29.8 Å². The van der Waals surface area contributed by atoms with Crippen LogP contribution in [0.2, 0.25) is 5.02 Å². The molecule has 4 heteroatoms. The Hall–Kier alpha value is -0.770. The summed E-state index contributed by atoms with van der Waals surface area (Å²) in [6.45, 7) is 7.24. The Morgan fingerprint density at radius 2 is 2.11 bits per heavy atom. The number of hydrogen-bond acceptors (Lipinski definition) is 3. The Bertz CT molecular complexity index is 436. The molecule has 2 atom stereocenters. The van der Waals surface area contributed by atoms with Crippen molar-refractivity contribution >= 4 is 17.3 Å². The Kier molecular flexibility index (Phi) is 4.71. The van der Waals surface area contributed by atoms with Crippen molar-refractivity contribution < 1.29 is 5.11 Å². The number of likely N-dealkylation sites (N-methyl/N-ethyl adjacent to an activating group) is 1. The molecule has 2 unspecified atom stereocenters. The quantitative estimate of drug-likeness (QED) is 0.903. The highest BCUT2D eigenvalue weighted by molar-refractivity contribution is 6.31. The van der Waals surface area contributed by atoms with E-state index in [1.807, 2.05) is 12.1 Å². The van der Waals surface area contributed by atoms with Crippen molar-refractivity contribution in [3.05, 3.63) is 28.8 Å². The van der Waals surface area contributed by atoms with E-state index in [2.05, 4.69) is 29.8 Å². The van der Waals surface area contributed by atoms with Crippen LogP contribution in [0.1, 0.15) is 31.9 Å². The van der Waals surface area contributed by atoms with E-state index in [0.717, 1.165) is 37.3 Å². The van der Waals surface area contributed by atoms with Crippen molar-refractivity contribution in [3.8, 4) is 0 Å². The van der Waals surface area contributed by atoms with E-state index in [0.29, 0.717) is 11.1 Å². The summed E-state index contributed by atoms with van der Waals surface area (Å²) in [5, 5.41) is 10.3. The van der Waals surface area contributed by atoms with Gasteiger partial charge < -0.3 is 14.9 Å². The zero-order valence-electron chi connectivity index (χ0n) is 11.9. The van der Waals surface area contributed by atoms with Gasteiger partial charge in [-0.2, -0.15) is 0 Å². The van der Waals surface area contributed by atoms with Crippen LogP contribution in [-0.4, -0.2) is 42.7 Å². The second kappa shape index (κ2) is 6.12. The summed E-state index contributed by atoms with van der Waals surface area (Å²) in [5.74, 6) is 0. The van der Waals surface area contributed by atoms with Gasteiger partial charge in [-0.05, 0) is 51.6 Å². The standard InChI is InChI=1S/C15H23ClN2O/c1-11-10-17(3)7-4-8-18(11)13-5-6-14(12(2)19)15(16)9-13/h5-6,9,11-12,19H,4,7-8,10H2,1-3H3. The smallest absolute Gasteiger partial charge is 0.0776 e. The maximum atomic E-state index is 9.63. The van der Waals surface area contributed by atoms with Gasteiger partial charge in [0.2, 0.25) is 0 Å². The first-order valence-electron chi connectivity index (χ1n) is 6.91. The zero-order valence-corrected chi connectivity index (χ0v) is 12.7. The fraction of sp³-hybridized carbons (Fsp3) is 0.600. The summed E-state index contributed by atoms with van der Waals surface area (Å²) in [4.78, 5) is 4.78. The van der Waals surface area contributed by atoms with Gasteiger partial charge in [0.05, 0.1) is 6.10 Å². The van der Waals surface area contributed by atoms with E-state index in [4.69, 9.17) is 11.6 Å². The van der Waals surface area contributed by atoms with E-state index < -0.39 is 6.10 Å². The number of nitrogens with zero attached hydrogens (tertiary/aromatic N) is 2. The van der Waals surface area contributed by atoms with Crippen molar-refractivity contribution in [1.82, 2.24) is 4.90 Å². The number of aliphatic hydroxyl groups excluding tert-OH is 1. The van der Waals surface area contributed by atoms with Gasteiger partial charge in [-0.1, -0.05) is 17.7 Å². The summed E-state index contributed by atoms with van der Waals surface area (Å²) < 4.78 is 0. The van der Waals surface area contributed by atoms with Gasteiger partial charge >= 0.3 is 0 Å². The molecule has 0 saturated carbocycles. The lowest BCUT2D eigenvalue weighted by molar-refractivity contribution is 0.199. The minimum Gasteiger partial charge on any atom is -0.389 e. The fourth-order valence-electron chi connectivity index (χ4n) is 2.79. The van der Waals surface area contributed by atoms with Crippen LogP contribution in [0.25, 0.3) is 0 Å². The Labute approximate surface area is 120 Å². The highest BCUT2D eigenvalue weighted by Gasteiger charge is 2.20. The average molecular weight is 283 g/mol. The normalized spacial score (nSPS) is 23.2. The van der Waals surface area contributed by atoms with Crippen LogP contribution in [-0.2, 0) is 0 Å². The molecule has 0 radical (unpaired) electrons. The molecule has 1 fully saturated rings. The van der Waals surface area contributed by atoms with Gasteiger partial charge in [-0.3, -0.25) is 0 Å². The first-order chi connectivity index (χ1) is 8.99. The highest BCUT2D eigenvalue weighted by atomic mass is 35.5. The maximum absolute atomic E-state index is 9.63. The molecule has 1 N–H and O–H groups in total. The van der Waals surface area contributed by atoms with Gasteiger partial charge in [0.1, 0.15) is 0 Å². The molecule has 19 heavy (non-hydrogen) atoms. The Morgan fingerprint density at radius 3 is 2.74 bits per heavy atom. The van der Waals surface area contributed by atoms with Crippen LogP contribution < -0.4 is 4.90 Å². The van der Waals surface area contributed by atoms with E-state index in [1.165, 1.54) is 0 Å². The molecule has 0 aliphatic carbocycles. The van der Waals surface area contributed by atoms with Gasteiger partial charge in [0.15, 0.2) is 0 Å². The lowest BCUT2D eigenvalue weighted by Gasteiger charge is -2.30. The van der Waals surface area contributed by atoms with Crippen molar-refractivity contribution in [2.45, 2.75) is 32.4 Å². The molecule has 0 bridgehead atoms. The fourth-order valence-corrected chi connectivity index (χ4v) is 3.12. The van der Waals surface area contributed by atoms with Crippen molar-refractivity contribution in [2.75, 3.05) is 31.6 Å². The van der Waals surface area contributed by atoms with E-state index >= 15 is 0 Å². The molecule has 1 aliphatic rings. The molecule has 1 aromatic rings. The van der Waals surface area contributed by atoms with Crippen LogP contribution in [0, 0.1) is 0 Å². The monoisotopic (exact) mass is 282 g/mol. The van der Waals surface area contributed by atoms with E-state index in [9.17, 15) is 5.11 Å². The molecule has 3 nitrogen and oxygen atoms in total. The number of hydrogen-bond donors (Lipinski definition) is 1. The summed E-state index contributed by atoms with van der Waals surface area (Å²) in [6.07, 6.45) is 0.644. The third kappa shape index (κ3) is 3.41. The second-order valence-electron chi connectivity index (χ2n) is 5.54. The second-order valence-corrected chi connectivity index (χ2v) is 5.95. The topological polar surface area (TPSA) is 26.7 Å². The number of halogens is 1. The number of anilines is 1. The SMILES string of the molecule is CC(O)c1ccc(N2CCCN(C)CC2C)cc1Cl. The van der Waals surface area contributed by atoms with E-state index in [-0.39, 0.29) is 0 Å². The third-order valence-electron chi connectivity index (χ3n) is 3.81. The van der Waals surface area contributed by atoms with Crippen LogP contribution in [0.3, 0.4) is 0 Å². The lowest BCUT2D eigenvalue weighted by atomic mass is 10.1. The maximum Gasteiger partial charge on any atom is 0.0776 e. The molecule has 1 aromatic carbocycles. The zero-order chi connectivity index (χ0) is 14.0. The van der Waals surface area contributed by atoms with Crippen LogP contribution in [0.5, 0.6) is 0 Å². The third-order valence-corrected chi connectivity index (χ3v) is 4.14. The first kappa shape index (κ1) is 14.6. The molecular formula is C15H23ClN2O.